The molecule has 0 amide bonds. The molecule has 1 aliphatic heterocycles. The van der Waals surface area contributed by atoms with Crippen molar-refractivity contribution in [1.29, 1.82) is 0 Å². The van der Waals surface area contributed by atoms with Gasteiger partial charge in [0.1, 0.15) is 0 Å². The number of pyridine rings is 1. The Kier molecular flexibility index (Phi) is 3.06. The summed E-state index contributed by atoms with van der Waals surface area (Å²) in [7, 11) is 0. The van der Waals surface area contributed by atoms with Gasteiger partial charge in [0.05, 0.1) is 0 Å². The fourth-order valence-electron chi connectivity index (χ4n) is 2.04. The molecule has 0 saturated carbocycles. The van der Waals surface area contributed by atoms with Gasteiger partial charge in [-0.1, -0.05) is 0 Å². The Morgan fingerprint density at radius 1 is 1.53 bits per heavy atom. The first-order chi connectivity index (χ1) is 7.31. The third kappa shape index (κ3) is 2.21. The summed E-state index contributed by atoms with van der Waals surface area (Å²) < 4.78 is 0. The minimum atomic E-state index is 0.212. The Labute approximate surface area is 89.2 Å². The van der Waals surface area contributed by atoms with Crippen molar-refractivity contribution in [2.24, 2.45) is 5.92 Å². The first kappa shape index (κ1) is 10.2. The van der Waals surface area contributed by atoms with Crippen LogP contribution < -0.4 is 4.90 Å². The average molecular weight is 208 g/mol. The molecule has 0 aromatic carbocycles. The van der Waals surface area contributed by atoms with Crippen molar-refractivity contribution in [3.63, 3.8) is 0 Å². The summed E-state index contributed by atoms with van der Waals surface area (Å²) in [6.07, 6.45) is 3.78. The van der Waals surface area contributed by atoms with Gasteiger partial charge in [0.15, 0.2) is 11.6 Å². The molecule has 1 aliphatic rings. The van der Waals surface area contributed by atoms with E-state index in [-0.39, 0.29) is 12.4 Å². The lowest BCUT2D eigenvalue weighted by molar-refractivity contribution is 0.208. The van der Waals surface area contributed by atoms with E-state index in [9.17, 15) is 5.11 Å². The van der Waals surface area contributed by atoms with Gasteiger partial charge < -0.3 is 15.1 Å². The molecule has 1 aromatic heterocycles. The molecular weight excluding hydrogens is 192 g/mol. The summed E-state index contributed by atoms with van der Waals surface area (Å²) in [5.74, 6) is 1.16. The van der Waals surface area contributed by atoms with Gasteiger partial charge >= 0.3 is 0 Å². The van der Waals surface area contributed by atoms with Gasteiger partial charge in [-0.2, -0.15) is 0 Å². The Balaban J connectivity index is 2.13. The van der Waals surface area contributed by atoms with E-state index in [1.165, 1.54) is 0 Å². The maximum Gasteiger partial charge on any atom is 0.171 e. The van der Waals surface area contributed by atoms with E-state index < -0.39 is 0 Å². The normalized spacial score (nSPS) is 21.7. The Bertz CT molecular complexity index is 330. The summed E-state index contributed by atoms with van der Waals surface area (Å²) in [5.41, 5.74) is 0. The molecule has 1 fully saturated rings. The van der Waals surface area contributed by atoms with E-state index in [2.05, 4.69) is 4.98 Å². The topological polar surface area (TPSA) is 56.6 Å². The molecule has 0 spiro atoms. The van der Waals surface area contributed by atoms with Gasteiger partial charge in [0, 0.05) is 25.9 Å². The lowest BCUT2D eigenvalue weighted by Crippen LogP contribution is -2.37. The van der Waals surface area contributed by atoms with Crippen molar-refractivity contribution < 1.29 is 10.2 Å². The fraction of sp³-hybridized carbons (Fsp3) is 0.545. The van der Waals surface area contributed by atoms with Crippen LogP contribution in [0.2, 0.25) is 0 Å². The zero-order valence-corrected chi connectivity index (χ0v) is 8.63. The van der Waals surface area contributed by atoms with Gasteiger partial charge in [-0.05, 0) is 30.9 Å². The number of aliphatic hydroxyl groups excluding tert-OH is 1. The Morgan fingerprint density at radius 2 is 2.40 bits per heavy atom. The molecule has 1 atom stereocenters. The van der Waals surface area contributed by atoms with Crippen molar-refractivity contribution in [3.05, 3.63) is 18.3 Å². The van der Waals surface area contributed by atoms with Gasteiger partial charge in [0.2, 0.25) is 0 Å². The molecule has 4 heteroatoms. The number of nitrogens with zero attached hydrogens (tertiary/aromatic N) is 2. The maximum atomic E-state index is 9.66. The van der Waals surface area contributed by atoms with Crippen LogP contribution in [0.5, 0.6) is 5.75 Å². The zero-order valence-electron chi connectivity index (χ0n) is 8.63. The minimum absolute atomic E-state index is 0.212. The summed E-state index contributed by atoms with van der Waals surface area (Å²) in [6.45, 7) is 1.90. The van der Waals surface area contributed by atoms with Crippen LogP contribution in [0.15, 0.2) is 18.3 Å². The van der Waals surface area contributed by atoms with Gasteiger partial charge in [0.25, 0.3) is 0 Å². The van der Waals surface area contributed by atoms with Crippen molar-refractivity contribution in [2.45, 2.75) is 12.8 Å². The van der Waals surface area contributed by atoms with E-state index >= 15 is 0 Å². The zero-order chi connectivity index (χ0) is 10.7. The number of hydrogen-bond acceptors (Lipinski definition) is 4. The van der Waals surface area contributed by atoms with E-state index in [1.54, 1.807) is 18.3 Å². The van der Waals surface area contributed by atoms with Crippen LogP contribution in [0.3, 0.4) is 0 Å². The Morgan fingerprint density at radius 3 is 3.13 bits per heavy atom. The predicted molar refractivity (Wildman–Crippen MR) is 57.9 cm³/mol. The highest BCUT2D eigenvalue weighted by Gasteiger charge is 2.21. The smallest absolute Gasteiger partial charge is 0.171 e. The highest BCUT2D eigenvalue weighted by Crippen LogP contribution is 2.27. The molecule has 82 valence electrons. The second-order valence-electron chi connectivity index (χ2n) is 3.98. The summed E-state index contributed by atoms with van der Waals surface area (Å²) in [4.78, 5) is 6.21. The summed E-state index contributed by atoms with van der Waals surface area (Å²) in [6, 6.07) is 3.36. The molecule has 0 aliphatic carbocycles. The predicted octanol–water partition coefficient (Wildman–Crippen LogP) is 0.996. The summed E-state index contributed by atoms with van der Waals surface area (Å²) >= 11 is 0. The summed E-state index contributed by atoms with van der Waals surface area (Å²) in [5, 5.41) is 18.8. The number of aromatic nitrogens is 1. The van der Waals surface area contributed by atoms with Crippen molar-refractivity contribution in [1.82, 2.24) is 4.98 Å². The first-order valence-electron chi connectivity index (χ1n) is 5.31. The first-order valence-corrected chi connectivity index (χ1v) is 5.31. The standard InChI is InChI=1S/C11H16N2O2/c14-8-9-3-2-6-13(7-9)11-10(15)4-1-5-12-11/h1,4-5,9,14-15H,2-3,6-8H2. The van der Waals surface area contributed by atoms with Gasteiger partial charge in [-0.15, -0.1) is 0 Å². The van der Waals surface area contributed by atoms with Crippen molar-refractivity contribution >= 4 is 5.82 Å². The quantitative estimate of drug-likeness (QED) is 0.761. The molecule has 2 N–H and O–H groups in total. The molecule has 1 unspecified atom stereocenters. The highest BCUT2D eigenvalue weighted by molar-refractivity contribution is 5.51. The van der Waals surface area contributed by atoms with Crippen LogP contribution in [-0.2, 0) is 0 Å². The van der Waals surface area contributed by atoms with Crippen LogP contribution in [0.1, 0.15) is 12.8 Å². The molecule has 2 rings (SSSR count). The number of aliphatic hydroxyl groups is 1. The second kappa shape index (κ2) is 4.49. The molecule has 15 heavy (non-hydrogen) atoms. The maximum absolute atomic E-state index is 9.66. The van der Waals surface area contributed by atoms with Crippen LogP contribution in [0.25, 0.3) is 0 Å². The second-order valence-corrected chi connectivity index (χ2v) is 3.98. The average Bonchev–Trinajstić information content (AvgIpc) is 2.30. The van der Waals surface area contributed by atoms with Crippen molar-refractivity contribution in [2.75, 3.05) is 24.6 Å². The van der Waals surface area contributed by atoms with Crippen LogP contribution in [0, 0.1) is 5.92 Å². The van der Waals surface area contributed by atoms with E-state index in [1.807, 2.05) is 4.90 Å². The van der Waals surface area contributed by atoms with E-state index in [4.69, 9.17) is 5.11 Å². The molecule has 4 nitrogen and oxygen atoms in total. The van der Waals surface area contributed by atoms with Crippen LogP contribution in [0.4, 0.5) is 5.82 Å². The Hall–Kier alpha value is -1.29. The SMILES string of the molecule is OCC1CCCN(c2ncccc2O)C1. The fourth-order valence-corrected chi connectivity index (χ4v) is 2.04. The third-order valence-electron chi connectivity index (χ3n) is 2.84. The largest absolute Gasteiger partial charge is 0.504 e. The number of aromatic hydroxyl groups is 1. The molecular formula is C11H16N2O2. The number of anilines is 1. The molecule has 2 heterocycles. The van der Waals surface area contributed by atoms with Crippen LogP contribution in [-0.4, -0.2) is 34.9 Å². The monoisotopic (exact) mass is 208 g/mol. The van der Waals surface area contributed by atoms with E-state index in [0.717, 1.165) is 25.9 Å². The number of rotatable bonds is 2. The van der Waals surface area contributed by atoms with E-state index in [0.29, 0.717) is 11.7 Å². The molecule has 0 bridgehead atoms. The molecule has 1 aromatic rings. The third-order valence-corrected chi connectivity index (χ3v) is 2.84. The van der Waals surface area contributed by atoms with Crippen molar-refractivity contribution in [3.8, 4) is 5.75 Å². The molecule has 0 radical (unpaired) electrons. The van der Waals surface area contributed by atoms with Gasteiger partial charge in [-0.25, -0.2) is 4.98 Å². The lowest BCUT2D eigenvalue weighted by atomic mass is 9.99. The minimum Gasteiger partial charge on any atom is -0.504 e. The molecule has 1 saturated heterocycles. The van der Waals surface area contributed by atoms with Crippen LogP contribution >= 0.6 is 0 Å². The number of hydrogen-bond donors (Lipinski definition) is 2. The van der Waals surface area contributed by atoms with Gasteiger partial charge in [-0.3, -0.25) is 0 Å². The highest BCUT2D eigenvalue weighted by atomic mass is 16.3. The number of piperidine rings is 1. The lowest BCUT2D eigenvalue weighted by Gasteiger charge is -2.32.